The maximum absolute atomic E-state index is 14.1. The zero-order chi connectivity index (χ0) is 15.0. The SMILES string of the molecule is Cc1ccc(F)c(-c2noc(N)c2-c2cccc(Br)c2)c1. The molecule has 5 heteroatoms. The monoisotopic (exact) mass is 346 g/mol. The van der Waals surface area contributed by atoms with Crippen LogP contribution in [0.3, 0.4) is 0 Å². The smallest absolute Gasteiger partial charge is 0.230 e. The molecule has 106 valence electrons. The molecule has 0 radical (unpaired) electrons. The molecule has 0 saturated carbocycles. The molecule has 0 spiro atoms. The van der Waals surface area contributed by atoms with Gasteiger partial charge in [0.25, 0.3) is 0 Å². The quantitative estimate of drug-likeness (QED) is 0.724. The van der Waals surface area contributed by atoms with Gasteiger partial charge in [0.15, 0.2) is 0 Å². The maximum atomic E-state index is 14.1. The number of nitrogen functional groups attached to an aromatic ring is 1. The van der Waals surface area contributed by atoms with Gasteiger partial charge < -0.3 is 10.3 Å². The highest BCUT2D eigenvalue weighted by Gasteiger charge is 2.20. The molecule has 0 aliphatic carbocycles. The lowest BCUT2D eigenvalue weighted by atomic mass is 9.99. The van der Waals surface area contributed by atoms with Gasteiger partial charge in [-0.05, 0) is 36.8 Å². The van der Waals surface area contributed by atoms with E-state index in [2.05, 4.69) is 21.1 Å². The topological polar surface area (TPSA) is 52.0 Å². The van der Waals surface area contributed by atoms with Gasteiger partial charge in [-0.2, -0.15) is 0 Å². The number of benzene rings is 2. The number of hydrogen-bond acceptors (Lipinski definition) is 3. The van der Waals surface area contributed by atoms with Crippen molar-refractivity contribution in [3.05, 3.63) is 58.3 Å². The van der Waals surface area contributed by atoms with E-state index < -0.39 is 0 Å². The molecule has 1 aromatic heterocycles. The Morgan fingerprint density at radius 2 is 2.00 bits per heavy atom. The van der Waals surface area contributed by atoms with E-state index in [0.29, 0.717) is 16.8 Å². The van der Waals surface area contributed by atoms with E-state index in [1.54, 1.807) is 12.1 Å². The van der Waals surface area contributed by atoms with E-state index in [1.165, 1.54) is 6.07 Å². The third-order valence-corrected chi connectivity index (χ3v) is 3.70. The van der Waals surface area contributed by atoms with Gasteiger partial charge in [0.05, 0.1) is 5.56 Å². The Kier molecular flexibility index (Phi) is 3.51. The van der Waals surface area contributed by atoms with Crippen molar-refractivity contribution >= 4 is 21.8 Å². The van der Waals surface area contributed by atoms with Crippen molar-refractivity contribution in [2.45, 2.75) is 6.92 Å². The predicted molar refractivity (Wildman–Crippen MR) is 84.2 cm³/mol. The molecule has 1 heterocycles. The van der Waals surface area contributed by atoms with Crippen LogP contribution in [0.4, 0.5) is 10.3 Å². The van der Waals surface area contributed by atoms with Crippen LogP contribution in [0.25, 0.3) is 22.4 Å². The minimum atomic E-state index is -0.356. The first-order valence-corrected chi connectivity index (χ1v) is 7.13. The van der Waals surface area contributed by atoms with Gasteiger partial charge in [-0.25, -0.2) is 4.39 Å². The van der Waals surface area contributed by atoms with Crippen LogP contribution in [0.15, 0.2) is 51.5 Å². The molecule has 3 nitrogen and oxygen atoms in total. The molecule has 0 unspecified atom stereocenters. The number of hydrogen-bond donors (Lipinski definition) is 1. The zero-order valence-electron chi connectivity index (χ0n) is 11.2. The van der Waals surface area contributed by atoms with Crippen LogP contribution in [-0.2, 0) is 0 Å². The Morgan fingerprint density at radius 3 is 2.76 bits per heavy atom. The molecule has 0 aliphatic rings. The van der Waals surface area contributed by atoms with Crippen molar-refractivity contribution in [3.8, 4) is 22.4 Å². The Balaban J connectivity index is 2.24. The lowest BCUT2D eigenvalue weighted by Crippen LogP contribution is -1.91. The van der Waals surface area contributed by atoms with Gasteiger partial charge >= 0.3 is 0 Å². The number of aryl methyl sites for hydroxylation is 1. The van der Waals surface area contributed by atoms with E-state index in [0.717, 1.165) is 15.6 Å². The average Bonchev–Trinajstić information content (AvgIpc) is 2.83. The van der Waals surface area contributed by atoms with Gasteiger partial charge in [-0.1, -0.05) is 44.8 Å². The first-order valence-electron chi connectivity index (χ1n) is 6.34. The summed E-state index contributed by atoms with van der Waals surface area (Å²) in [6.07, 6.45) is 0. The largest absolute Gasteiger partial charge is 0.367 e. The highest BCUT2D eigenvalue weighted by molar-refractivity contribution is 9.10. The number of nitrogens with two attached hydrogens (primary N) is 1. The summed E-state index contributed by atoms with van der Waals surface area (Å²) in [6.45, 7) is 1.89. The molecule has 0 atom stereocenters. The summed E-state index contributed by atoms with van der Waals surface area (Å²) in [4.78, 5) is 0. The number of anilines is 1. The minimum absolute atomic E-state index is 0.170. The number of rotatable bonds is 2. The summed E-state index contributed by atoms with van der Waals surface area (Å²) in [7, 11) is 0. The highest BCUT2D eigenvalue weighted by atomic mass is 79.9. The van der Waals surface area contributed by atoms with Crippen LogP contribution in [0.2, 0.25) is 0 Å². The molecule has 0 amide bonds. The molecule has 21 heavy (non-hydrogen) atoms. The van der Waals surface area contributed by atoms with Crippen molar-refractivity contribution in [1.82, 2.24) is 5.16 Å². The van der Waals surface area contributed by atoms with E-state index >= 15 is 0 Å². The lowest BCUT2D eigenvalue weighted by molar-refractivity contribution is 0.439. The molecule has 0 saturated heterocycles. The predicted octanol–water partition coefficient (Wildman–Crippen LogP) is 4.80. The normalized spacial score (nSPS) is 10.8. The second-order valence-corrected chi connectivity index (χ2v) is 5.68. The number of aromatic nitrogens is 1. The summed E-state index contributed by atoms with van der Waals surface area (Å²) < 4.78 is 20.1. The highest BCUT2D eigenvalue weighted by Crippen LogP contribution is 2.38. The summed E-state index contributed by atoms with van der Waals surface area (Å²) in [5.41, 5.74) is 9.03. The second-order valence-electron chi connectivity index (χ2n) is 4.76. The number of halogens is 2. The Bertz CT molecular complexity index is 814. The Hall–Kier alpha value is -2.14. The molecular formula is C16H12BrFN2O. The molecule has 0 bridgehead atoms. The fourth-order valence-electron chi connectivity index (χ4n) is 2.23. The van der Waals surface area contributed by atoms with Crippen molar-refractivity contribution in [1.29, 1.82) is 0 Å². The van der Waals surface area contributed by atoms with Crippen LogP contribution in [0.5, 0.6) is 0 Å². The molecule has 3 aromatic rings. The molecule has 2 N–H and O–H groups in total. The average molecular weight is 347 g/mol. The zero-order valence-corrected chi connectivity index (χ0v) is 12.8. The first-order chi connectivity index (χ1) is 10.1. The standard InChI is InChI=1S/C16H12BrFN2O/c1-9-5-6-13(18)12(7-9)15-14(16(19)21-20-15)10-3-2-4-11(17)8-10/h2-8H,19H2,1H3. The summed E-state index contributed by atoms with van der Waals surface area (Å²) >= 11 is 3.41. The lowest BCUT2D eigenvalue weighted by Gasteiger charge is -2.05. The van der Waals surface area contributed by atoms with Crippen molar-refractivity contribution in [2.75, 3.05) is 5.73 Å². The maximum Gasteiger partial charge on any atom is 0.230 e. The fraction of sp³-hybridized carbons (Fsp3) is 0.0625. The van der Waals surface area contributed by atoms with Crippen molar-refractivity contribution < 1.29 is 8.91 Å². The van der Waals surface area contributed by atoms with E-state index in [-0.39, 0.29) is 11.7 Å². The van der Waals surface area contributed by atoms with Crippen LogP contribution in [0.1, 0.15) is 5.56 Å². The van der Waals surface area contributed by atoms with Crippen molar-refractivity contribution in [3.63, 3.8) is 0 Å². The van der Waals surface area contributed by atoms with Crippen LogP contribution >= 0.6 is 15.9 Å². The van der Waals surface area contributed by atoms with Gasteiger partial charge in [0.2, 0.25) is 5.88 Å². The summed E-state index contributed by atoms with van der Waals surface area (Å²) in [5.74, 6) is -0.186. The van der Waals surface area contributed by atoms with E-state index in [4.69, 9.17) is 10.3 Å². The molecule has 0 fully saturated rings. The third-order valence-electron chi connectivity index (χ3n) is 3.21. The summed E-state index contributed by atoms with van der Waals surface area (Å²) in [6, 6.07) is 12.4. The minimum Gasteiger partial charge on any atom is -0.367 e. The second kappa shape index (κ2) is 5.33. The van der Waals surface area contributed by atoms with Crippen LogP contribution in [-0.4, -0.2) is 5.16 Å². The van der Waals surface area contributed by atoms with Crippen LogP contribution < -0.4 is 5.73 Å². The van der Waals surface area contributed by atoms with Crippen molar-refractivity contribution in [2.24, 2.45) is 0 Å². The number of nitrogens with zero attached hydrogens (tertiary/aromatic N) is 1. The van der Waals surface area contributed by atoms with Gasteiger partial charge in [0.1, 0.15) is 11.5 Å². The molecule has 2 aromatic carbocycles. The first kappa shape index (κ1) is 13.8. The third kappa shape index (κ3) is 2.56. The fourth-order valence-corrected chi connectivity index (χ4v) is 2.63. The van der Waals surface area contributed by atoms with Gasteiger partial charge in [0, 0.05) is 10.0 Å². The summed E-state index contributed by atoms with van der Waals surface area (Å²) in [5, 5.41) is 3.94. The Labute approximate surface area is 129 Å². The van der Waals surface area contributed by atoms with E-state index in [9.17, 15) is 4.39 Å². The molecular weight excluding hydrogens is 335 g/mol. The van der Waals surface area contributed by atoms with Crippen LogP contribution in [0, 0.1) is 12.7 Å². The van der Waals surface area contributed by atoms with E-state index in [1.807, 2.05) is 31.2 Å². The Morgan fingerprint density at radius 1 is 1.19 bits per heavy atom. The van der Waals surface area contributed by atoms with Gasteiger partial charge in [-0.3, -0.25) is 0 Å². The molecule has 0 aliphatic heterocycles. The molecule has 3 rings (SSSR count). The van der Waals surface area contributed by atoms with Gasteiger partial charge in [-0.15, -0.1) is 0 Å².